The smallest absolute Gasteiger partial charge is 0.191 e. The number of nitrogens with one attached hydrogen (secondary N) is 3. The minimum Gasteiger partial charge on any atom is -0.352 e. The standard InChI is InChI=1S/C22H24N8.HI/c1-23-22(24-13-17-6-4-9-18(12-17)21-26-16-27-29-21)25-14-19-7-2-3-8-20(19)15-30-11-5-10-28-30;/h2-12,16H,13-15H2,1H3,(H2,23,24,25)(H,26,27,29);1H. The van der Waals surface area contributed by atoms with Crippen molar-refractivity contribution in [1.82, 2.24) is 35.6 Å². The topological polar surface area (TPSA) is 95.8 Å². The number of guanidine groups is 1. The summed E-state index contributed by atoms with van der Waals surface area (Å²) < 4.78 is 1.92. The van der Waals surface area contributed by atoms with Crippen LogP contribution in [0.1, 0.15) is 16.7 Å². The van der Waals surface area contributed by atoms with Gasteiger partial charge in [-0.15, -0.1) is 24.0 Å². The highest BCUT2D eigenvalue weighted by atomic mass is 127. The highest BCUT2D eigenvalue weighted by Gasteiger charge is 2.06. The van der Waals surface area contributed by atoms with Gasteiger partial charge in [0.1, 0.15) is 6.33 Å². The third kappa shape index (κ3) is 6.14. The lowest BCUT2D eigenvalue weighted by molar-refractivity contribution is 0.677. The summed E-state index contributed by atoms with van der Waals surface area (Å²) in [7, 11) is 1.77. The second-order valence-corrected chi connectivity index (χ2v) is 6.79. The molecule has 0 saturated carbocycles. The van der Waals surface area contributed by atoms with Crippen LogP contribution in [0.4, 0.5) is 0 Å². The molecule has 4 aromatic rings. The fourth-order valence-electron chi connectivity index (χ4n) is 3.21. The van der Waals surface area contributed by atoms with Crippen molar-refractivity contribution in [3.63, 3.8) is 0 Å². The molecule has 31 heavy (non-hydrogen) atoms. The van der Waals surface area contributed by atoms with Gasteiger partial charge in [0.05, 0.1) is 6.54 Å². The molecular formula is C22H25IN8. The van der Waals surface area contributed by atoms with Gasteiger partial charge in [-0.3, -0.25) is 14.8 Å². The summed E-state index contributed by atoms with van der Waals surface area (Å²) >= 11 is 0. The maximum Gasteiger partial charge on any atom is 0.191 e. The Balaban J connectivity index is 0.00000272. The number of hydrogen-bond acceptors (Lipinski definition) is 4. The average molecular weight is 528 g/mol. The minimum absolute atomic E-state index is 0. The number of nitrogens with zero attached hydrogens (tertiary/aromatic N) is 5. The molecule has 4 rings (SSSR count). The van der Waals surface area contributed by atoms with Crippen molar-refractivity contribution in [2.24, 2.45) is 4.99 Å². The Morgan fingerprint density at radius 2 is 1.87 bits per heavy atom. The fourth-order valence-corrected chi connectivity index (χ4v) is 3.21. The van der Waals surface area contributed by atoms with Gasteiger partial charge in [0.2, 0.25) is 0 Å². The van der Waals surface area contributed by atoms with Crippen molar-refractivity contribution < 1.29 is 0 Å². The number of rotatable bonds is 7. The molecule has 0 amide bonds. The lowest BCUT2D eigenvalue weighted by Crippen LogP contribution is -2.36. The number of H-pyrrole nitrogens is 1. The summed E-state index contributed by atoms with van der Waals surface area (Å²) in [6.07, 6.45) is 5.28. The van der Waals surface area contributed by atoms with E-state index >= 15 is 0 Å². The molecule has 0 atom stereocenters. The number of aromatic amines is 1. The van der Waals surface area contributed by atoms with Crippen LogP contribution in [0.5, 0.6) is 0 Å². The molecule has 2 aromatic heterocycles. The predicted molar refractivity (Wildman–Crippen MR) is 132 cm³/mol. The lowest BCUT2D eigenvalue weighted by Gasteiger charge is -2.15. The molecule has 8 nitrogen and oxygen atoms in total. The molecule has 0 fully saturated rings. The van der Waals surface area contributed by atoms with Crippen LogP contribution in [0.25, 0.3) is 11.4 Å². The van der Waals surface area contributed by atoms with Gasteiger partial charge >= 0.3 is 0 Å². The first kappa shape index (κ1) is 22.5. The van der Waals surface area contributed by atoms with Crippen molar-refractivity contribution in [1.29, 1.82) is 0 Å². The summed E-state index contributed by atoms with van der Waals surface area (Å²) in [5.74, 6) is 1.50. The zero-order chi connectivity index (χ0) is 20.6. The fraction of sp³-hybridized carbons (Fsp3) is 0.182. The van der Waals surface area contributed by atoms with E-state index in [1.54, 1.807) is 13.2 Å². The van der Waals surface area contributed by atoms with Crippen LogP contribution in [-0.4, -0.2) is 38.0 Å². The Morgan fingerprint density at radius 3 is 2.61 bits per heavy atom. The number of benzene rings is 2. The first-order valence-corrected chi connectivity index (χ1v) is 9.75. The first-order chi connectivity index (χ1) is 14.8. The van der Waals surface area contributed by atoms with Crippen molar-refractivity contribution in [2.75, 3.05) is 7.05 Å². The highest BCUT2D eigenvalue weighted by Crippen LogP contribution is 2.15. The molecular weight excluding hydrogens is 503 g/mol. The van der Waals surface area contributed by atoms with Crippen LogP contribution >= 0.6 is 24.0 Å². The molecule has 3 N–H and O–H groups in total. The third-order valence-corrected chi connectivity index (χ3v) is 4.76. The SMILES string of the molecule is CN=C(NCc1cccc(-c2ncn[nH]2)c1)NCc1ccccc1Cn1cccn1.I. The van der Waals surface area contributed by atoms with E-state index in [0.29, 0.717) is 13.1 Å². The molecule has 2 aromatic carbocycles. The number of halogens is 1. The van der Waals surface area contributed by atoms with E-state index in [1.807, 2.05) is 29.1 Å². The van der Waals surface area contributed by atoms with Crippen LogP contribution in [0.3, 0.4) is 0 Å². The van der Waals surface area contributed by atoms with Crippen LogP contribution in [0, 0.1) is 0 Å². The quantitative estimate of drug-likeness (QED) is 0.195. The molecule has 0 radical (unpaired) electrons. The number of hydrogen-bond donors (Lipinski definition) is 3. The normalized spacial score (nSPS) is 11.1. The maximum absolute atomic E-state index is 4.34. The summed E-state index contributed by atoms with van der Waals surface area (Å²) in [5, 5.41) is 17.9. The average Bonchev–Trinajstić information content (AvgIpc) is 3.50. The summed E-state index contributed by atoms with van der Waals surface area (Å²) in [6, 6.07) is 18.5. The minimum atomic E-state index is 0. The van der Waals surface area contributed by atoms with Crippen molar-refractivity contribution in [2.45, 2.75) is 19.6 Å². The molecule has 0 aliphatic rings. The van der Waals surface area contributed by atoms with Gasteiger partial charge in [-0.05, 0) is 28.8 Å². The largest absolute Gasteiger partial charge is 0.352 e. The molecule has 2 heterocycles. The lowest BCUT2D eigenvalue weighted by atomic mass is 10.1. The maximum atomic E-state index is 4.34. The zero-order valence-corrected chi connectivity index (χ0v) is 19.5. The Kier molecular flexibility index (Phi) is 8.16. The Labute approximate surface area is 198 Å². The zero-order valence-electron chi connectivity index (χ0n) is 17.2. The second-order valence-electron chi connectivity index (χ2n) is 6.79. The van der Waals surface area contributed by atoms with E-state index in [-0.39, 0.29) is 24.0 Å². The molecule has 0 aliphatic heterocycles. The Hall–Kier alpha value is -3.21. The first-order valence-electron chi connectivity index (χ1n) is 9.75. The molecule has 0 aliphatic carbocycles. The predicted octanol–water partition coefficient (Wildman–Crippen LogP) is 3.20. The van der Waals surface area contributed by atoms with Gasteiger partial charge in [0.25, 0.3) is 0 Å². The van der Waals surface area contributed by atoms with Gasteiger partial charge < -0.3 is 10.6 Å². The van der Waals surface area contributed by atoms with Crippen LogP contribution < -0.4 is 10.6 Å². The third-order valence-electron chi connectivity index (χ3n) is 4.76. The van der Waals surface area contributed by atoms with E-state index in [2.05, 4.69) is 72.3 Å². The Morgan fingerprint density at radius 1 is 1.03 bits per heavy atom. The van der Waals surface area contributed by atoms with Gasteiger partial charge in [-0.1, -0.05) is 42.5 Å². The summed E-state index contributed by atoms with van der Waals surface area (Å²) in [5.41, 5.74) is 4.57. The van der Waals surface area contributed by atoms with Crippen LogP contribution in [0.2, 0.25) is 0 Å². The van der Waals surface area contributed by atoms with E-state index in [0.717, 1.165) is 29.5 Å². The van der Waals surface area contributed by atoms with E-state index < -0.39 is 0 Å². The van der Waals surface area contributed by atoms with Crippen molar-refractivity contribution in [3.8, 4) is 11.4 Å². The Bertz CT molecular complexity index is 1090. The molecule has 0 spiro atoms. The molecule has 160 valence electrons. The number of aromatic nitrogens is 5. The number of aliphatic imine (C=N–C) groups is 1. The monoisotopic (exact) mass is 528 g/mol. The van der Waals surface area contributed by atoms with Crippen LogP contribution in [0.15, 0.2) is 78.3 Å². The summed E-state index contributed by atoms with van der Waals surface area (Å²) in [4.78, 5) is 8.55. The van der Waals surface area contributed by atoms with E-state index in [4.69, 9.17) is 0 Å². The van der Waals surface area contributed by atoms with Gasteiger partial charge in [-0.25, -0.2) is 4.98 Å². The van der Waals surface area contributed by atoms with Crippen LogP contribution in [-0.2, 0) is 19.6 Å². The molecule has 0 saturated heterocycles. The molecule has 0 bridgehead atoms. The molecule has 9 heteroatoms. The van der Waals surface area contributed by atoms with Gasteiger partial charge in [0.15, 0.2) is 11.8 Å². The van der Waals surface area contributed by atoms with Gasteiger partial charge in [-0.2, -0.15) is 10.2 Å². The molecule has 0 unspecified atom stereocenters. The van der Waals surface area contributed by atoms with Crippen molar-refractivity contribution in [3.05, 3.63) is 90.0 Å². The summed E-state index contributed by atoms with van der Waals surface area (Å²) in [6.45, 7) is 2.07. The van der Waals surface area contributed by atoms with Crippen molar-refractivity contribution >= 4 is 29.9 Å². The van der Waals surface area contributed by atoms with E-state index in [9.17, 15) is 0 Å². The second kappa shape index (κ2) is 11.3. The van der Waals surface area contributed by atoms with Gasteiger partial charge in [0, 0.05) is 38.1 Å². The van der Waals surface area contributed by atoms with E-state index in [1.165, 1.54) is 17.5 Å². The highest BCUT2D eigenvalue weighted by molar-refractivity contribution is 14.0.